The summed E-state index contributed by atoms with van der Waals surface area (Å²) in [6.07, 6.45) is 2.13. The number of aliphatic carboxylic acids is 1. The highest BCUT2D eigenvalue weighted by molar-refractivity contribution is 5.84. The molecule has 4 heteroatoms. The third-order valence-corrected chi connectivity index (χ3v) is 2.45. The van der Waals surface area contributed by atoms with Gasteiger partial charge in [-0.05, 0) is 18.6 Å². The summed E-state index contributed by atoms with van der Waals surface area (Å²) < 4.78 is 0. The van der Waals surface area contributed by atoms with Crippen molar-refractivity contribution in [3.05, 3.63) is 30.1 Å². The second-order valence-electron chi connectivity index (χ2n) is 3.36. The average molecular weight is 178 g/mol. The summed E-state index contributed by atoms with van der Waals surface area (Å²) in [4.78, 5) is 14.8. The molecule has 1 aromatic rings. The summed E-state index contributed by atoms with van der Waals surface area (Å²) >= 11 is 0. The molecule has 2 atom stereocenters. The molecule has 1 fully saturated rings. The largest absolute Gasteiger partial charge is 0.480 e. The van der Waals surface area contributed by atoms with Gasteiger partial charge >= 0.3 is 5.97 Å². The van der Waals surface area contributed by atoms with Crippen LogP contribution in [0.25, 0.3) is 0 Å². The van der Waals surface area contributed by atoms with Crippen LogP contribution < -0.4 is 5.73 Å². The minimum Gasteiger partial charge on any atom is -0.480 e. The third kappa shape index (κ3) is 1.19. The van der Waals surface area contributed by atoms with Gasteiger partial charge in [-0.2, -0.15) is 0 Å². The van der Waals surface area contributed by atoms with E-state index in [-0.39, 0.29) is 5.92 Å². The van der Waals surface area contributed by atoms with Crippen molar-refractivity contribution in [3.63, 3.8) is 0 Å². The van der Waals surface area contributed by atoms with E-state index in [0.717, 1.165) is 5.69 Å². The summed E-state index contributed by atoms with van der Waals surface area (Å²) in [5, 5.41) is 8.79. The van der Waals surface area contributed by atoms with Gasteiger partial charge in [0, 0.05) is 17.8 Å². The Labute approximate surface area is 75.4 Å². The van der Waals surface area contributed by atoms with Crippen LogP contribution in [-0.4, -0.2) is 21.6 Å². The van der Waals surface area contributed by atoms with Gasteiger partial charge < -0.3 is 10.8 Å². The molecule has 0 amide bonds. The monoisotopic (exact) mass is 178 g/mol. The molecule has 1 aliphatic carbocycles. The summed E-state index contributed by atoms with van der Waals surface area (Å²) in [5.41, 5.74) is 5.32. The Kier molecular flexibility index (Phi) is 1.60. The van der Waals surface area contributed by atoms with E-state index in [4.69, 9.17) is 10.8 Å². The van der Waals surface area contributed by atoms with E-state index in [0.29, 0.717) is 6.42 Å². The number of aromatic nitrogens is 1. The minimum absolute atomic E-state index is 0.119. The lowest BCUT2D eigenvalue weighted by atomic mass is 10.1. The van der Waals surface area contributed by atoms with E-state index in [1.54, 1.807) is 12.3 Å². The zero-order valence-electron chi connectivity index (χ0n) is 6.97. The zero-order chi connectivity index (χ0) is 9.47. The lowest BCUT2D eigenvalue weighted by Gasteiger charge is -2.03. The Bertz CT molecular complexity index is 339. The van der Waals surface area contributed by atoms with Crippen molar-refractivity contribution in [1.29, 1.82) is 0 Å². The van der Waals surface area contributed by atoms with Crippen LogP contribution >= 0.6 is 0 Å². The second kappa shape index (κ2) is 2.53. The predicted octanol–water partition coefficient (Wildman–Crippen LogP) is 0.351. The molecule has 2 rings (SSSR count). The van der Waals surface area contributed by atoms with Gasteiger partial charge in [-0.3, -0.25) is 9.78 Å². The van der Waals surface area contributed by atoms with Crippen LogP contribution in [0.2, 0.25) is 0 Å². The van der Waals surface area contributed by atoms with E-state index >= 15 is 0 Å². The van der Waals surface area contributed by atoms with E-state index < -0.39 is 11.5 Å². The van der Waals surface area contributed by atoms with Crippen molar-refractivity contribution in [2.75, 3.05) is 0 Å². The fraction of sp³-hybridized carbons (Fsp3) is 0.333. The summed E-state index contributed by atoms with van der Waals surface area (Å²) in [6, 6.07) is 5.44. The second-order valence-corrected chi connectivity index (χ2v) is 3.36. The molecule has 1 aromatic heterocycles. The number of pyridine rings is 1. The Morgan fingerprint density at radius 1 is 1.69 bits per heavy atom. The van der Waals surface area contributed by atoms with Gasteiger partial charge in [0.2, 0.25) is 0 Å². The van der Waals surface area contributed by atoms with Crippen molar-refractivity contribution in [3.8, 4) is 0 Å². The van der Waals surface area contributed by atoms with Crippen LogP contribution in [-0.2, 0) is 4.79 Å². The number of carboxylic acids is 1. The van der Waals surface area contributed by atoms with Crippen LogP contribution in [0.5, 0.6) is 0 Å². The minimum atomic E-state index is -1.08. The fourth-order valence-corrected chi connectivity index (χ4v) is 1.47. The lowest BCUT2D eigenvalue weighted by Crippen LogP contribution is -2.34. The molecule has 68 valence electrons. The van der Waals surface area contributed by atoms with Gasteiger partial charge in [-0.1, -0.05) is 6.07 Å². The van der Waals surface area contributed by atoms with Gasteiger partial charge in [0.15, 0.2) is 0 Å². The van der Waals surface area contributed by atoms with E-state index in [1.165, 1.54) is 0 Å². The predicted molar refractivity (Wildman–Crippen MR) is 46.1 cm³/mol. The first kappa shape index (κ1) is 8.19. The molecule has 0 aliphatic heterocycles. The first-order valence-corrected chi connectivity index (χ1v) is 4.08. The van der Waals surface area contributed by atoms with Crippen molar-refractivity contribution in [2.24, 2.45) is 5.73 Å². The highest BCUT2D eigenvalue weighted by Gasteiger charge is 2.59. The molecule has 3 N–H and O–H groups in total. The zero-order valence-corrected chi connectivity index (χ0v) is 6.97. The molecular formula is C9H10N2O2. The smallest absolute Gasteiger partial charge is 0.324 e. The fourth-order valence-electron chi connectivity index (χ4n) is 1.47. The molecule has 0 saturated heterocycles. The molecule has 0 bridgehead atoms. The van der Waals surface area contributed by atoms with Crippen LogP contribution in [0.1, 0.15) is 18.0 Å². The van der Waals surface area contributed by atoms with Gasteiger partial charge in [-0.25, -0.2) is 0 Å². The Morgan fingerprint density at radius 2 is 2.46 bits per heavy atom. The number of nitrogens with two attached hydrogens (primary N) is 1. The molecule has 13 heavy (non-hydrogen) atoms. The number of hydrogen-bond acceptors (Lipinski definition) is 3. The Hall–Kier alpha value is -1.42. The molecule has 1 heterocycles. The Morgan fingerprint density at radius 3 is 2.92 bits per heavy atom. The van der Waals surface area contributed by atoms with Crippen molar-refractivity contribution < 1.29 is 9.90 Å². The number of rotatable bonds is 2. The number of carboxylic acid groups (broad SMARTS) is 1. The van der Waals surface area contributed by atoms with Gasteiger partial charge in [0.05, 0.1) is 0 Å². The molecule has 0 aromatic carbocycles. The Balaban J connectivity index is 2.21. The van der Waals surface area contributed by atoms with Gasteiger partial charge in [0.25, 0.3) is 0 Å². The quantitative estimate of drug-likeness (QED) is 0.685. The van der Waals surface area contributed by atoms with E-state index in [2.05, 4.69) is 4.98 Å². The molecule has 1 aliphatic rings. The van der Waals surface area contributed by atoms with Crippen LogP contribution in [0.4, 0.5) is 0 Å². The average Bonchev–Trinajstić information content (AvgIpc) is 2.81. The molecule has 0 spiro atoms. The lowest BCUT2D eigenvalue weighted by molar-refractivity contribution is -0.139. The van der Waals surface area contributed by atoms with Gasteiger partial charge in [-0.15, -0.1) is 0 Å². The summed E-state index contributed by atoms with van der Waals surface area (Å²) in [6.45, 7) is 0. The highest BCUT2D eigenvalue weighted by atomic mass is 16.4. The van der Waals surface area contributed by atoms with Crippen LogP contribution in [0.3, 0.4) is 0 Å². The standard InChI is InChI=1S/C9H10N2O2/c10-9(8(12)13)5-6(9)7-3-1-2-4-11-7/h1-4,6H,5,10H2,(H,12,13). The van der Waals surface area contributed by atoms with Crippen molar-refractivity contribution in [1.82, 2.24) is 4.98 Å². The molecular weight excluding hydrogens is 168 g/mol. The normalized spacial score (nSPS) is 31.3. The molecule has 2 unspecified atom stereocenters. The van der Waals surface area contributed by atoms with Crippen LogP contribution in [0.15, 0.2) is 24.4 Å². The highest BCUT2D eigenvalue weighted by Crippen LogP contribution is 2.48. The third-order valence-electron chi connectivity index (χ3n) is 2.45. The summed E-state index contributed by atoms with van der Waals surface area (Å²) in [7, 11) is 0. The first-order valence-electron chi connectivity index (χ1n) is 4.08. The van der Waals surface area contributed by atoms with Gasteiger partial charge in [0.1, 0.15) is 5.54 Å². The maximum atomic E-state index is 10.7. The topological polar surface area (TPSA) is 76.2 Å². The maximum absolute atomic E-state index is 10.7. The number of nitrogens with zero attached hydrogens (tertiary/aromatic N) is 1. The molecule has 4 nitrogen and oxygen atoms in total. The van der Waals surface area contributed by atoms with Crippen molar-refractivity contribution in [2.45, 2.75) is 17.9 Å². The van der Waals surface area contributed by atoms with E-state index in [1.807, 2.05) is 12.1 Å². The van der Waals surface area contributed by atoms with E-state index in [9.17, 15) is 4.79 Å². The first-order chi connectivity index (χ1) is 6.14. The van der Waals surface area contributed by atoms with Crippen LogP contribution in [0, 0.1) is 0 Å². The SMILES string of the molecule is NC1(C(=O)O)CC1c1ccccn1. The maximum Gasteiger partial charge on any atom is 0.324 e. The number of carbonyl (C=O) groups is 1. The summed E-state index contributed by atoms with van der Waals surface area (Å²) in [5.74, 6) is -1.06. The molecule has 0 radical (unpaired) electrons. The van der Waals surface area contributed by atoms with Crippen molar-refractivity contribution >= 4 is 5.97 Å². The molecule has 1 saturated carbocycles. The number of hydrogen-bond donors (Lipinski definition) is 2.